The van der Waals surface area contributed by atoms with Crippen molar-refractivity contribution in [2.75, 3.05) is 18.1 Å². The Kier molecular flexibility index (Phi) is 4.25. The van der Waals surface area contributed by atoms with Crippen molar-refractivity contribution in [3.05, 3.63) is 43.0 Å². The number of pyridine rings is 1. The van der Waals surface area contributed by atoms with Gasteiger partial charge in [-0.1, -0.05) is 0 Å². The van der Waals surface area contributed by atoms with Crippen LogP contribution in [0.1, 0.15) is 12.8 Å². The molecule has 3 heterocycles. The van der Waals surface area contributed by atoms with Crippen molar-refractivity contribution in [1.82, 2.24) is 14.8 Å². The van der Waals surface area contributed by atoms with Crippen LogP contribution in [0.5, 0.6) is 0 Å². The van der Waals surface area contributed by atoms with Crippen molar-refractivity contribution >= 4 is 11.6 Å². The molecule has 1 amide bonds. The molecular formula is C15H18N4O2. The number of rotatable bonds is 5. The number of amides is 1. The van der Waals surface area contributed by atoms with Crippen molar-refractivity contribution in [3.8, 4) is 0 Å². The first-order valence-corrected chi connectivity index (χ1v) is 7.12. The molecule has 0 aromatic carbocycles. The summed E-state index contributed by atoms with van der Waals surface area (Å²) >= 11 is 0. The molecule has 2 aromatic rings. The van der Waals surface area contributed by atoms with Gasteiger partial charge in [-0.2, -0.15) is 5.10 Å². The predicted octanol–water partition coefficient (Wildman–Crippen LogP) is 1.49. The van der Waals surface area contributed by atoms with E-state index in [4.69, 9.17) is 4.74 Å². The molecule has 0 unspecified atom stereocenters. The second-order valence-electron chi connectivity index (χ2n) is 5.05. The Labute approximate surface area is 123 Å². The first kappa shape index (κ1) is 13.8. The van der Waals surface area contributed by atoms with Crippen LogP contribution < -0.4 is 4.90 Å². The zero-order chi connectivity index (χ0) is 14.5. The van der Waals surface area contributed by atoms with Gasteiger partial charge >= 0.3 is 0 Å². The lowest BCUT2D eigenvalue weighted by Gasteiger charge is -2.25. The first-order valence-electron chi connectivity index (χ1n) is 7.12. The number of anilines is 1. The largest absolute Gasteiger partial charge is 0.376 e. The third-order valence-corrected chi connectivity index (χ3v) is 3.54. The highest BCUT2D eigenvalue weighted by Crippen LogP contribution is 2.19. The number of nitrogens with zero attached hydrogens (tertiary/aromatic N) is 4. The molecular weight excluding hydrogens is 268 g/mol. The third kappa shape index (κ3) is 3.46. The molecule has 0 spiro atoms. The van der Waals surface area contributed by atoms with Crippen molar-refractivity contribution < 1.29 is 9.53 Å². The number of carbonyl (C=O) groups is 1. The first-order chi connectivity index (χ1) is 10.3. The standard InChI is InChI=1S/C15H18N4O2/c20-15(12-18-9-2-6-17-18)19(11-14-3-1-10-21-14)13-4-7-16-8-5-13/h2,4-9,14H,1,3,10-12H2/t14-/m0/s1. The molecule has 1 aliphatic rings. The van der Waals surface area contributed by atoms with E-state index in [1.807, 2.05) is 18.2 Å². The smallest absolute Gasteiger partial charge is 0.248 e. The summed E-state index contributed by atoms with van der Waals surface area (Å²) in [6.45, 7) is 1.58. The minimum Gasteiger partial charge on any atom is -0.376 e. The number of hydrogen-bond donors (Lipinski definition) is 0. The summed E-state index contributed by atoms with van der Waals surface area (Å²) in [6, 6.07) is 5.50. The van der Waals surface area contributed by atoms with Gasteiger partial charge in [0, 0.05) is 37.1 Å². The Morgan fingerprint density at radius 2 is 2.24 bits per heavy atom. The van der Waals surface area contributed by atoms with Gasteiger partial charge in [0.25, 0.3) is 0 Å². The van der Waals surface area contributed by atoms with E-state index in [1.54, 1.807) is 34.4 Å². The second kappa shape index (κ2) is 6.49. The van der Waals surface area contributed by atoms with Gasteiger partial charge in [0.05, 0.1) is 12.6 Å². The zero-order valence-corrected chi connectivity index (χ0v) is 11.8. The van der Waals surface area contributed by atoms with Crippen LogP contribution in [0, 0.1) is 0 Å². The minimum atomic E-state index is 0.000370. The van der Waals surface area contributed by atoms with Crippen molar-refractivity contribution in [3.63, 3.8) is 0 Å². The van der Waals surface area contributed by atoms with Crippen LogP contribution in [0.2, 0.25) is 0 Å². The summed E-state index contributed by atoms with van der Waals surface area (Å²) in [5.41, 5.74) is 0.845. The van der Waals surface area contributed by atoms with E-state index in [-0.39, 0.29) is 18.6 Å². The molecule has 0 radical (unpaired) electrons. The summed E-state index contributed by atoms with van der Waals surface area (Å²) in [7, 11) is 0. The second-order valence-corrected chi connectivity index (χ2v) is 5.05. The Morgan fingerprint density at radius 3 is 2.90 bits per heavy atom. The van der Waals surface area contributed by atoms with Crippen LogP contribution in [0.15, 0.2) is 43.0 Å². The Balaban J connectivity index is 1.75. The summed E-state index contributed by atoms with van der Waals surface area (Å²) in [4.78, 5) is 18.4. The molecule has 1 atom stereocenters. The van der Waals surface area contributed by atoms with E-state index in [9.17, 15) is 4.79 Å². The molecule has 110 valence electrons. The number of ether oxygens (including phenoxy) is 1. The van der Waals surface area contributed by atoms with E-state index in [1.165, 1.54) is 0 Å². The molecule has 21 heavy (non-hydrogen) atoms. The lowest BCUT2D eigenvalue weighted by Crippen LogP contribution is -2.39. The predicted molar refractivity (Wildman–Crippen MR) is 77.8 cm³/mol. The molecule has 1 aliphatic heterocycles. The van der Waals surface area contributed by atoms with Gasteiger partial charge < -0.3 is 9.64 Å². The van der Waals surface area contributed by atoms with Gasteiger partial charge in [0.2, 0.25) is 5.91 Å². The maximum Gasteiger partial charge on any atom is 0.248 e. The van der Waals surface area contributed by atoms with Gasteiger partial charge in [0.1, 0.15) is 6.54 Å². The maximum absolute atomic E-state index is 12.6. The lowest BCUT2D eigenvalue weighted by molar-refractivity contribution is -0.119. The Bertz CT molecular complexity index is 565. The van der Waals surface area contributed by atoms with Crippen molar-refractivity contribution in [2.45, 2.75) is 25.5 Å². The minimum absolute atomic E-state index is 0.000370. The molecule has 2 aromatic heterocycles. The summed E-state index contributed by atoms with van der Waals surface area (Å²) in [5, 5.41) is 4.09. The van der Waals surface area contributed by atoms with Crippen LogP contribution in [-0.4, -0.2) is 39.9 Å². The van der Waals surface area contributed by atoms with E-state index in [2.05, 4.69) is 10.1 Å². The Hall–Kier alpha value is -2.21. The fraction of sp³-hybridized carbons (Fsp3) is 0.400. The highest BCUT2D eigenvalue weighted by Gasteiger charge is 2.24. The van der Waals surface area contributed by atoms with Crippen molar-refractivity contribution in [2.24, 2.45) is 0 Å². The molecule has 0 aliphatic carbocycles. The number of carbonyl (C=O) groups excluding carboxylic acids is 1. The zero-order valence-electron chi connectivity index (χ0n) is 11.8. The van der Waals surface area contributed by atoms with E-state index in [0.29, 0.717) is 6.54 Å². The van der Waals surface area contributed by atoms with Crippen molar-refractivity contribution in [1.29, 1.82) is 0 Å². The molecule has 1 saturated heterocycles. The fourth-order valence-electron chi connectivity index (χ4n) is 2.49. The van der Waals surface area contributed by atoms with Crippen LogP contribution in [0.4, 0.5) is 5.69 Å². The molecule has 6 heteroatoms. The molecule has 0 N–H and O–H groups in total. The topological polar surface area (TPSA) is 60.2 Å². The summed E-state index contributed by atoms with van der Waals surface area (Å²) in [6.07, 6.45) is 9.01. The maximum atomic E-state index is 12.6. The van der Waals surface area contributed by atoms with Crippen LogP contribution in [0.25, 0.3) is 0 Å². The molecule has 0 bridgehead atoms. The third-order valence-electron chi connectivity index (χ3n) is 3.54. The van der Waals surface area contributed by atoms with Gasteiger partial charge in [-0.25, -0.2) is 0 Å². The SMILES string of the molecule is O=C(Cn1cccn1)N(C[C@@H]1CCCO1)c1ccncc1. The van der Waals surface area contributed by atoms with Crippen LogP contribution in [0.3, 0.4) is 0 Å². The monoisotopic (exact) mass is 286 g/mol. The lowest BCUT2D eigenvalue weighted by atomic mass is 10.2. The fourth-order valence-corrected chi connectivity index (χ4v) is 2.49. The summed E-state index contributed by atoms with van der Waals surface area (Å²) < 4.78 is 7.29. The van der Waals surface area contributed by atoms with Gasteiger partial charge in [-0.05, 0) is 31.0 Å². The number of aromatic nitrogens is 3. The van der Waals surface area contributed by atoms with Crippen LogP contribution >= 0.6 is 0 Å². The summed E-state index contributed by atoms with van der Waals surface area (Å²) in [5.74, 6) is 0.000370. The van der Waals surface area contributed by atoms with Crippen LogP contribution in [-0.2, 0) is 16.1 Å². The van der Waals surface area contributed by atoms with Gasteiger partial charge in [-0.15, -0.1) is 0 Å². The molecule has 0 saturated carbocycles. The highest BCUT2D eigenvalue weighted by atomic mass is 16.5. The van der Waals surface area contributed by atoms with Gasteiger partial charge in [0.15, 0.2) is 0 Å². The molecule has 3 rings (SSSR count). The average molecular weight is 286 g/mol. The number of hydrogen-bond acceptors (Lipinski definition) is 4. The Morgan fingerprint density at radius 1 is 1.38 bits per heavy atom. The average Bonchev–Trinajstić information content (AvgIpc) is 3.19. The molecule has 1 fully saturated rings. The van der Waals surface area contributed by atoms with Gasteiger partial charge in [-0.3, -0.25) is 14.5 Å². The molecule has 6 nitrogen and oxygen atoms in total. The highest BCUT2D eigenvalue weighted by molar-refractivity contribution is 5.93. The normalized spacial score (nSPS) is 17.8. The van der Waals surface area contributed by atoms with E-state index < -0.39 is 0 Å². The quantitative estimate of drug-likeness (QED) is 0.835. The van der Waals surface area contributed by atoms with E-state index in [0.717, 1.165) is 25.1 Å². The van der Waals surface area contributed by atoms with E-state index >= 15 is 0 Å².